The lowest BCUT2D eigenvalue weighted by atomic mass is 10.1. The zero-order valence-electron chi connectivity index (χ0n) is 16.1. The van der Waals surface area contributed by atoms with E-state index in [2.05, 4.69) is 38.8 Å². The first-order chi connectivity index (χ1) is 12.1. The van der Waals surface area contributed by atoms with Crippen molar-refractivity contribution >= 4 is 42.2 Å². The summed E-state index contributed by atoms with van der Waals surface area (Å²) < 4.78 is 8.26. The number of nitrogens with one attached hydrogen (secondary N) is 1. The minimum Gasteiger partial charge on any atom is -0.415 e. The van der Waals surface area contributed by atoms with E-state index >= 15 is 0 Å². The molecular weight excluding hydrogens is 360 g/mol. The third-order valence-corrected chi connectivity index (χ3v) is 10.3. The Bertz CT molecular complexity index is 1080. The summed E-state index contributed by atoms with van der Waals surface area (Å²) in [4.78, 5) is 16.2. The van der Waals surface area contributed by atoms with Gasteiger partial charge in [-0.15, -0.1) is 0 Å². The van der Waals surface area contributed by atoms with Crippen molar-refractivity contribution in [1.29, 1.82) is 0 Å². The van der Waals surface area contributed by atoms with Gasteiger partial charge in [-0.25, -0.2) is 0 Å². The number of hydrogen-bond donors (Lipinski definition) is 1. The van der Waals surface area contributed by atoms with Gasteiger partial charge in [0.25, 0.3) is 5.56 Å². The van der Waals surface area contributed by atoms with Gasteiger partial charge in [0.15, 0.2) is 13.1 Å². The Balaban J connectivity index is 1.95. The summed E-state index contributed by atoms with van der Waals surface area (Å²) in [5.74, 6) is 0. The highest BCUT2D eigenvalue weighted by atomic mass is 32.1. The van der Waals surface area contributed by atoms with Crippen LogP contribution in [0.3, 0.4) is 0 Å². The third-order valence-electron chi connectivity index (χ3n) is 5.43. The van der Waals surface area contributed by atoms with E-state index in [-0.39, 0.29) is 10.6 Å². The molecular formula is C20H26N2O2SSi. The molecule has 0 radical (unpaired) electrons. The van der Waals surface area contributed by atoms with E-state index in [1.54, 1.807) is 4.57 Å². The van der Waals surface area contributed by atoms with E-state index in [0.29, 0.717) is 23.3 Å². The van der Waals surface area contributed by atoms with Crippen molar-refractivity contribution in [3.05, 3.63) is 51.5 Å². The molecule has 1 heterocycles. The largest absolute Gasteiger partial charge is 0.415 e. The van der Waals surface area contributed by atoms with Gasteiger partial charge in [0, 0.05) is 0 Å². The van der Waals surface area contributed by atoms with Gasteiger partial charge >= 0.3 is 0 Å². The Morgan fingerprint density at radius 2 is 1.77 bits per heavy atom. The van der Waals surface area contributed by atoms with Crippen molar-refractivity contribution in [3.63, 3.8) is 0 Å². The molecule has 0 aliphatic carbocycles. The number of H-pyrrole nitrogens is 1. The molecule has 26 heavy (non-hydrogen) atoms. The van der Waals surface area contributed by atoms with Crippen LogP contribution in [0.15, 0.2) is 41.2 Å². The summed E-state index contributed by atoms with van der Waals surface area (Å²) >= 11 is 5.43. The van der Waals surface area contributed by atoms with E-state index in [1.807, 2.05) is 36.4 Å². The summed E-state index contributed by atoms with van der Waals surface area (Å²) in [6.07, 6.45) is 0. The lowest BCUT2D eigenvalue weighted by Gasteiger charge is -2.36. The predicted molar refractivity (Wildman–Crippen MR) is 114 cm³/mol. The summed E-state index contributed by atoms with van der Waals surface area (Å²) in [5.41, 5.74) is 0.716. The van der Waals surface area contributed by atoms with E-state index in [9.17, 15) is 4.79 Å². The van der Waals surface area contributed by atoms with Gasteiger partial charge in [0.2, 0.25) is 0 Å². The molecule has 3 aromatic rings. The molecule has 0 amide bonds. The molecule has 6 heteroatoms. The van der Waals surface area contributed by atoms with Crippen LogP contribution in [-0.2, 0) is 11.0 Å². The van der Waals surface area contributed by atoms with Crippen molar-refractivity contribution in [2.45, 2.75) is 45.4 Å². The second-order valence-corrected chi connectivity index (χ2v) is 13.4. The fourth-order valence-corrected chi connectivity index (χ4v) is 4.07. The van der Waals surface area contributed by atoms with E-state index < -0.39 is 8.32 Å². The molecule has 0 aliphatic heterocycles. The van der Waals surface area contributed by atoms with E-state index in [0.717, 1.165) is 16.3 Å². The second kappa shape index (κ2) is 6.76. The molecule has 2 aromatic carbocycles. The van der Waals surface area contributed by atoms with Crippen LogP contribution in [-0.4, -0.2) is 24.5 Å². The molecule has 1 aromatic heterocycles. The van der Waals surface area contributed by atoms with E-state index in [1.165, 1.54) is 0 Å². The normalized spacial score (nSPS) is 12.8. The van der Waals surface area contributed by atoms with Crippen molar-refractivity contribution < 1.29 is 4.43 Å². The van der Waals surface area contributed by atoms with Crippen LogP contribution < -0.4 is 5.56 Å². The zero-order valence-corrected chi connectivity index (χ0v) is 17.9. The second-order valence-electron chi connectivity index (χ2n) is 8.24. The van der Waals surface area contributed by atoms with Gasteiger partial charge in [-0.2, -0.15) is 0 Å². The minimum absolute atomic E-state index is 0.0617. The lowest BCUT2D eigenvalue weighted by molar-refractivity contribution is 0.269. The van der Waals surface area contributed by atoms with Gasteiger partial charge in [0.05, 0.1) is 24.1 Å². The van der Waals surface area contributed by atoms with Crippen molar-refractivity contribution in [3.8, 4) is 0 Å². The van der Waals surface area contributed by atoms with Crippen LogP contribution in [0.2, 0.25) is 18.1 Å². The summed E-state index contributed by atoms with van der Waals surface area (Å²) in [5, 5.41) is 2.93. The fraction of sp³-hybridized carbons (Fsp3) is 0.400. The smallest absolute Gasteiger partial charge is 0.262 e. The van der Waals surface area contributed by atoms with Gasteiger partial charge in [-0.05, 0) is 53.3 Å². The highest BCUT2D eigenvalue weighted by Gasteiger charge is 2.36. The van der Waals surface area contributed by atoms with Gasteiger partial charge in [-0.3, -0.25) is 9.36 Å². The number of rotatable bonds is 4. The fourth-order valence-electron chi connectivity index (χ4n) is 2.75. The SMILES string of the molecule is CC(C)(C)[Si](C)(C)OCCn1c(=S)[nH]c2cc3ccccc3cc2c1=O. The molecule has 0 saturated carbocycles. The summed E-state index contributed by atoms with van der Waals surface area (Å²) in [7, 11) is -1.84. The van der Waals surface area contributed by atoms with Crippen LogP contribution in [0.4, 0.5) is 0 Å². The van der Waals surface area contributed by atoms with Gasteiger partial charge in [0.1, 0.15) is 0 Å². The Morgan fingerprint density at radius 3 is 2.38 bits per heavy atom. The van der Waals surface area contributed by atoms with E-state index in [4.69, 9.17) is 16.6 Å². The quantitative estimate of drug-likeness (QED) is 0.379. The molecule has 3 rings (SSSR count). The average Bonchev–Trinajstić information content (AvgIpc) is 2.55. The highest BCUT2D eigenvalue weighted by molar-refractivity contribution is 7.71. The van der Waals surface area contributed by atoms with Crippen LogP contribution in [0.5, 0.6) is 0 Å². The average molecular weight is 387 g/mol. The maximum Gasteiger partial charge on any atom is 0.262 e. The first kappa shape index (κ1) is 19.0. The number of aromatic nitrogens is 2. The number of aromatic amines is 1. The Labute approximate surface area is 160 Å². The number of nitrogens with zero attached hydrogens (tertiary/aromatic N) is 1. The van der Waals surface area contributed by atoms with Crippen LogP contribution in [0.25, 0.3) is 21.7 Å². The maximum atomic E-state index is 13.0. The Hall–Kier alpha value is -1.76. The predicted octanol–water partition coefficient (Wildman–Crippen LogP) is 5.23. The third kappa shape index (κ3) is 3.54. The van der Waals surface area contributed by atoms with Gasteiger partial charge < -0.3 is 9.41 Å². The van der Waals surface area contributed by atoms with Crippen molar-refractivity contribution in [2.24, 2.45) is 0 Å². The number of hydrogen-bond acceptors (Lipinski definition) is 3. The molecule has 0 bridgehead atoms. The molecule has 0 aliphatic rings. The first-order valence-electron chi connectivity index (χ1n) is 8.90. The number of fused-ring (bicyclic) bond motifs is 2. The zero-order chi connectivity index (χ0) is 19.1. The highest BCUT2D eigenvalue weighted by Crippen LogP contribution is 2.36. The minimum atomic E-state index is -1.84. The topological polar surface area (TPSA) is 47.0 Å². The van der Waals surface area contributed by atoms with Crippen LogP contribution >= 0.6 is 12.2 Å². The molecule has 138 valence electrons. The lowest BCUT2D eigenvalue weighted by Crippen LogP contribution is -2.42. The molecule has 0 spiro atoms. The van der Waals surface area contributed by atoms with Gasteiger partial charge in [-0.1, -0.05) is 45.0 Å². The summed E-state index contributed by atoms with van der Waals surface area (Å²) in [6.45, 7) is 12.0. The maximum absolute atomic E-state index is 13.0. The van der Waals surface area contributed by atoms with Crippen molar-refractivity contribution in [1.82, 2.24) is 9.55 Å². The molecule has 4 nitrogen and oxygen atoms in total. The number of benzene rings is 2. The Morgan fingerprint density at radius 1 is 1.15 bits per heavy atom. The molecule has 1 N–H and O–H groups in total. The Kier molecular flexibility index (Phi) is 4.94. The monoisotopic (exact) mass is 386 g/mol. The first-order valence-corrected chi connectivity index (χ1v) is 12.2. The van der Waals surface area contributed by atoms with Crippen LogP contribution in [0, 0.1) is 4.77 Å². The molecule has 0 atom stereocenters. The standard InChI is InChI=1S/C20H26N2O2SSi/c1-20(2,3)26(4,5)24-11-10-22-18(23)16-12-14-8-6-7-9-15(14)13-17(16)21-19(22)25/h6-9,12-13H,10-11H2,1-5H3,(H,21,25). The van der Waals surface area contributed by atoms with Crippen molar-refractivity contribution in [2.75, 3.05) is 6.61 Å². The molecule has 0 fully saturated rings. The molecule has 0 unspecified atom stereocenters. The molecule has 0 saturated heterocycles. The van der Waals surface area contributed by atoms with Crippen LogP contribution in [0.1, 0.15) is 20.8 Å². The summed E-state index contributed by atoms with van der Waals surface area (Å²) in [6, 6.07) is 11.9.